The molecule has 0 fully saturated rings. The SMILES string of the molecule is Cc1c(Cl)ccc2cc(CCN)c(N(C)C)nc12. The molecule has 0 aliphatic carbocycles. The lowest BCUT2D eigenvalue weighted by Gasteiger charge is -2.18. The van der Waals surface area contributed by atoms with Crippen LogP contribution >= 0.6 is 11.6 Å². The number of benzene rings is 1. The highest BCUT2D eigenvalue weighted by Gasteiger charge is 2.11. The molecule has 2 rings (SSSR count). The van der Waals surface area contributed by atoms with E-state index in [1.165, 1.54) is 5.56 Å². The Kier molecular flexibility index (Phi) is 3.73. The van der Waals surface area contributed by atoms with E-state index in [1.54, 1.807) is 0 Å². The van der Waals surface area contributed by atoms with E-state index in [4.69, 9.17) is 22.3 Å². The number of nitrogens with zero attached hydrogens (tertiary/aromatic N) is 2. The number of halogens is 1. The number of aromatic nitrogens is 1. The van der Waals surface area contributed by atoms with Gasteiger partial charge >= 0.3 is 0 Å². The van der Waals surface area contributed by atoms with Crippen LogP contribution < -0.4 is 10.6 Å². The van der Waals surface area contributed by atoms with E-state index < -0.39 is 0 Å². The van der Waals surface area contributed by atoms with Gasteiger partial charge in [0.2, 0.25) is 0 Å². The van der Waals surface area contributed by atoms with Crippen LogP contribution in [-0.2, 0) is 6.42 Å². The van der Waals surface area contributed by atoms with Crippen LogP contribution in [0.4, 0.5) is 5.82 Å². The molecule has 18 heavy (non-hydrogen) atoms. The fraction of sp³-hybridized carbons (Fsp3) is 0.357. The van der Waals surface area contributed by atoms with Gasteiger partial charge in [0, 0.05) is 24.5 Å². The van der Waals surface area contributed by atoms with Gasteiger partial charge in [0.05, 0.1) is 5.52 Å². The van der Waals surface area contributed by atoms with Gasteiger partial charge < -0.3 is 10.6 Å². The summed E-state index contributed by atoms with van der Waals surface area (Å²) in [5.74, 6) is 0.971. The Bertz CT molecular complexity index is 579. The molecule has 0 amide bonds. The minimum absolute atomic E-state index is 0.626. The Labute approximate surface area is 113 Å². The number of nitrogens with two attached hydrogens (primary N) is 1. The molecule has 1 aromatic carbocycles. The summed E-state index contributed by atoms with van der Waals surface area (Å²) in [4.78, 5) is 6.76. The predicted molar refractivity (Wildman–Crippen MR) is 78.6 cm³/mol. The summed E-state index contributed by atoms with van der Waals surface area (Å²) in [6.07, 6.45) is 0.831. The van der Waals surface area contributed by atoms with E-state index in [0.29, 0.717) is 6.54 Å². The van der Waals surface area contributed by atoms with Gasteiger partial charge in [0.1, 0.15) is 5.82 Å². The van der Waals surface area contributed by atoms with E-state index in [2.05, 4.69) is 6.07 Å². The van der Waals surface area contributed by atoms with E-state index in [1.807, 2.05) is 38.1 Å². The summed E-state index contributed by atoms with van der Waals surface area (Å²) in [6.45, 7) is 2.63. The van der Waals surface area contributed by atoms with Crippen LogP contribution in [-0.4, -0.2) is 25.6 Å². The molecule has 4 heteroatoms. The lowest BCUT2D eigenvalue weighted by molar-refractivity contribution is 0.942. The molecule has 2 aromatic rings. The predicted octanol–water partition coefficient (Wildman–Crippen LogP) is 2.76. The molecule has 0 aliphatic rings. The van der Waals surface area contributed by atoms with E-state index in [-0.39, 0.29) is 0 Å². The minimum Gasteiger partial charge on any atom is -0.362 e. The number of rotatable bonds is 3. The molecule has 0 unspecified atom stereocenters. The maximum atomic E-state index is 6.15. The van der Waals surface area contributed by atoms with Crippen LogP contribution in [0.25, 0.3) is 10.9 Å². The smallest absolute Gasteiger partial charge is 0.132 e. The van der Waals surface area contributed by atoms with Crippen LogP contribution in [0.2, 0.25) is 5.02 Å². The molecular formula is C14H18ClN3. The number of hydrogen-bond acceptors (Lipinski definition) is 3. The Morgan fingerprint density at radius 2 is 2.06 bits per heavy atom. The summed E-state index contributed by atoms with van der Waals surface area (Å²) in [5.41, 5.74) is 8.83. The molecule has 1 heterocycles. The van der Waals surface area contributed by atoms with Crippen molar-refractivity contribution < 1.29 is 0 Å². The minimum atomic E-state index is 0.626. The first-order valence-electron chi connectivity index (χ1n) is 6.00. The van der Waals surface area contributed by atoms with Crippen LogP contribution in [0.1, 0.15) is 11.1 Å². The number of hydrogen-bond donors (Lipinski definition) is 1. The molecule has 0 saturated carbocycles. The Morgan fingerprint density at radius 3 is 2.67 bits per heavy atom. The van der Waals surface area contributed by atoms with Crippen molar-refractivity contribution >= 4 is 28.3 Å². The van der Waals surface area contributed by atoms with E-state index >= 15 is 0 Å². The first-order valence-corrected chi connectivity index (χ1v) is 6.38. The lowest BCUT2D eigenvalue weighted by atomic mass is 10.1. The first-order chi connectivity index (χ1) is 8.54. The molecule has 2 N–H and O–H groups in total. The molecule has 96 valence electrons. The molecule has 0 spiro atoms. The average molecular weight is 264 g/mol. The molecule has 3 nitrogen and oxygen atoms in total. The second-order valence-electron chi connectivity index (χ2n) is 4.65. The van der Waals surface area contributed by atoms with Gasteiger partial charge in [-0.05, 0) is 43.1 Å². The number of pyridine rings is 1. The van der Waals surface area contributed by atoms with Crippen LogP contribution in [0.15, 0.2) is 18.2 Å². The second kappa shape index (κ2) is 5.12. The van der Waals surface area contributed by atoms with Crippen molar-refractivity contribution in [3.05, 3.63) is 34.3 Å². The first kappa shape index (κ1) is 13.1. The van der Waals surface area contributed by atoms with Gasteiger partial charge in [-0.15, -0.1) is 0 Å². The van der Waals surface area contributed by atoms with Crippen molar-refractivity contribution in [2.24, 2.45) is 5.73 Å². The van der Waals surface area contributed by atoms with Crippen molar-refractivity contribution in [2.45, 2.75) is 13.3 Å². The second-order valence-corrected chi connectivity index (χ2v) is 5.06. The van der Waals surface area contributed by atoms with Gasteiger partial charge in [-0.3, -0.25) is 0 Å². The highest BCUT2D eigenvalue weighted by atomic mass is 35.5. The zero-order chi connectivity index (χ0) is 13.3. The molecule has 0 bridgehead atoms. The van der Waals surface area contributed by atoms with Crippen LogP contribution in [0.3, 0.4) is 0 Å². The zero-order valence-corrected chi connectivity index (χ0v) is 11.8. The van der Waals surface area contributed by atoms with Crippen molar-refractivity contribution in [3.63, 3.8) is 0 Å². The normalized spacial score (nSPS) is 10.9. The van der Waals surface area contributed by atoms with Crippen molar-refractivity contribution in [2.75, 3.05) is 25.5 Å². The number of anilines is 1. The van der Waals surface area contributed by atoms with Crippen molar-refractivity contribution in [3.8, 4) is 0 Å². The molecule has 1 aromatic heterocycles. The maximum absolute atomic E-state index is 6.15. The highest BCUT2D eigenvalue weighted by Crippen LogP contribution is 2.28. The topological polar surface area (TPSA) is 42.1 Å². The highest BCUT2D eigenvalue weighted by molar-refractivity contribution is 6.32. The summed E-state index contributed by atoms with van der Waals surface area (Å²) in [5, 5.41) is 1.87. The van der Waals surface area contributed by atoms with Gasteiger partial charge in [-0.2, -0.15) is 0 Å². The monoisotopic (exact) mass is 263 g/mol. The van der Waals surface area contributed by atoms with Gasteiger partial charge in [-0.1, -0.05) is 17.7 Å². The Balaban J connectivity index is 2.72. The summed E-state index contributed by atoms with van der Waals surface area (Å²) >= 11 is 6.15. The van der Waals surface area contributed by atoms with Crippen molar-refractivity contribution in [1.82, 2.24) is 4.98 Å². The molecular weight excluding hydrogens is 246 g/mol. The van der Waals surface area contributed by atoms with Crippen LogP contribution in [0.5, 0.6) is 0 Å². The fourth-order valence-corrected chi connectivity index (χ4v) is 2.27. The number of fused-ring (bicyclic) bond motifs is 1. The molecule has 0 saturated heterocycles. The largest absolute Gasteiger partial charge is 0.362 e. The number of aryl methyl sites for hydroxylation is 1. The van der Waals surface area contributed by atoms with Gasteiger partial charge in [0.15, 0.2) is 0 Å². The molecule has 0 atom stereocenters. The third-order valence-electron chi connectivity index (χ3n) is 3.07. The molecule has 0 radical (unpaired) electrons. The third-order valence-corrected chi connectivity index (χ3v) is 3.48. The third kappa shape index (κ3) is 2.28. The standard InChI is InChI=1S/C14H18ClN3/c1-9-12(15)5-4-10-8-11(6-7-16)14(18(2)3)17-13(9)10/h4-5,8H,6-7,16H2,1-3H3. The summed E-state index contributed by atoms with van der Waals surface area (Å²) in [7, 11) is 3.99. The zero-order valence-electron chi connectivity index (χ0n) is 11.0. The average Bonchev–Trinajstić information content (AvgIpc) is 2.34. The Hall–Kier alpha value is -1.32. The lowest BCUT2D eigenvalue weighted by Crippen LogP contribution is -2.15. The van der Waals surface area contributed by atoms with Crippen molar-refractivity contribution in [1.29, 1.82) is 0 Å². The van der Waals surface area contributed by atoms with Gasteiger partial charge in [-0.25, -0.2) is 4.98 Å². The molecule has 0 aliphatic heterocycles. The fourth-order valence-electron chi connectivity index (χ4n) is 2.12. The maximum Gasteiger partial charge on any atom is 0.132 e. The quantitative estimate of drug-likeness (QED) is 0.926. The summed E-state index contributed by atoms with van der Waals surface area (Å²) < 4.78 is 0. The van der Waals surface area contributed by atoms with E-state index in [0.717, 1.165) is 33.7 Å². The van der Waals surface area contributed by atoms with Crippen LogP contribution in [0, 0.1) is 6.92 Å². The van der Waals surface area contributed by atoms with Gasteiger partial charge in [0.25, 0.3) is 0 Å². The Morgan fingerprint density at radius 1 is 1.33 bits per heavy atom. The summed E-state index contributed by atoms with van der Waals surface area (Å²) in [6, 6.07) is 6.09. The van der Waals surface area contributed by atoms with E-state index in [9.17, 15) is 0 Å².